The number of benzene rings is 1. The number of amides is 4. The molecule has 0 radical (unpaired) electrons. The van der Waals surface area contributed by atoms with Gasteiger partial charge in [-0.15, -0.1) is 11.8 Å². The molecule has 1 aromatic rings. The highest BCUT2D eigenvalue weighted by Gasteiger charge is 2.33. The van der Waals surface area contributed by atoms with Crippen molar-refractivity contribution in [2.75, 3.05) is 39.1 Å². The normalized spacial score (nSPS) is 20.0. The Hall–Kier alpha value is -2.46. The zero-order valence-electron chi connectivity index (χ0n) is 16.0. The molecule has 0 saturated carbocycles. The summed E-state index contributed by atoms with van der Waals surface area (Å²) in [7, 11) is 0. The number of halogens is 1. The second-order valence-corrected chi connectivity index (χ2v) is 7.62. The molecule has 2 heterocycles. The molecule has 0 aromatic heterocycles. The summed E-state index contributed by atoms with van der Waals surface area (Å²) in [4.78, 5) is 51.7. The summed E-state index contributed by atoms with van der Waals surface area (Å²) < 4.78 is 19.7. The van der Waals surface area contributed by atoms with Crippen LogP contribution in [0.25, 0.3) is 0 Å². The lowest BCUT2D eigenvalue weighted by atomic mass is 10.1. The largest absolute Gasteiger partial charge is 0.377 e. The smallest absolute Gasteiger partial charge is 0.255 e. The summed E-state index contributed by atoms with van der Waals surface area (Å²) in [5.41, 5.74) is -0.0459. The van der Waals surface area contributed by atoms with Crippen molar-refractivity contribution in [3.63, 3.8) is 0 Å². The standard InChI is InChI=1S/C19H22FN3O5S/c1-29-14-4-2-3-13(20)18(14)19(27)21-12-9-22(7-8-28-11-12)17(26)10-23-15(24)5-6-16(23)25/h2-4,12H,5-11H2,1H3,(H,21,27). The number of nitrogens with one attached hydrogen (secondary N) is 1. The van der Waals surface area contributed by atoms with E-state index in [1.165, 1.54) is 28.8 Å². The van der Waals surface area contributed by atoms with E-state index >= 15 is 0 Å². The van der Waals surface area contributed by atoms with E-state index in [4.69, 9.17) is 4.74 Å². The molecule has 1 N–H and O–H groups in total. The number of nitrogens with zero attached hydrogens (tertiary/aromatic N) is 2. The van der Waals surface area contributed by atoms with Gasteiger partial charge in [0.25, 0.3) is 5.91 Å². The monoisotopic (exact) mass is 423 g/mol. The van der Waals surface area contributed by atoms with Gasteiger partial charge in [-0.2, -0.15) is 0 Å². The minimum atomic E-state index is -0.622. The Labute approximate surface area is 171 Å². The fraction of sp³-hybridized carbons (Fsp3) is 0.474. The molecular weight excluding hydrogens is 401 g/mol. The quantitative estimate of drug-likeness (QED) is 0.552. The lowest BCUT2D eigenvalue weighted by molar-refractivity contribution is -0.145. The number of hydrogen-bond donors (Lipinski definition) is 1. The van der Waals surface area contributed by atoms with Gasteiger partial charge < -0.3 is 15.0 Å². The minimum absolute atomic E-state index is 0.0459. The maximum Gasteiger partial charge on any atom is 0.255 e. The number of hydrogen-bond acceptors (Lipinski definition) is 6. The number of ether oxygens (including phenoxy) is 1. The molecule has 2 aliphatic rings. The van der Waals surface area contributed by atoms with Crippen LogP contribution in [-0.2, 0) is 19.1 Å². The average molecular weight is 423 g/mol. The van der Waals surface area contributed by atoms with Crippen LogP contribution in [-0.4, -0.2) is 78.6 Å². The molecule has 1 unspecified atom stereocenters. The molecule has 3 rings (SSSR count). The molecule has 0 bridgehead atoms. The van der Waals surface area contributed by atoms with Crippen LogP contribution in [0.3, 0.4) is 0 Å². The molecular formula is C19H22FN3O5S. The van der Waals surface area contributed by atoms with E-state index in [2.05, 4.69) is 5.32 Å². The van der Waals surface area contributed by atoms with E-state index in [0.29, 0.717) is 4.90 Å². The zero-order valence-corrected chi connectivity index (χ0v) is 16.8. The van der Waals surface area contributed by atoms with Crippen LogP contribution in [0.2, 0.25) is 0 Å². The Morgan fingerprint density at radius 1 is 1.28 bits per heavy atom. The first kappa shape index (κ1) is 21.3. The first-order valence-corrected chi connectivity index (χ1v) is 10.4. The third-order valence-electron chi connectivity index (χ3n) is 4.82. The number of likely N-dealkylation sites (tertiary alicyclic amines) is 1. The third kappa shape index (κ3) is 4.94. The van der Waals surface area contributed by atoms with Gasteiger partial charge in [-0.1, -0.05) is 6.07 Å². The summed E-state index contributed by atoms with van der Waals surface area (Å²) in [6.07, 6.45) is 1.99. The van der Waals surface area contributed by atoms with Gasteiger partial charge in [0, 0.05) is 30.8 Å². The molecule has 29 heavy (non-hydrogen) atoms. The van der Waals surface area contributed by atoms with Crippen LogP contribution in [0.15, 0.2) is 23.1 Å². The van der Waals surface area contributed by atoms with Gasteiger partial charge in [0.15, 0.2) is 0 Å². The van der Waals surface area contributed by atoms with Crippen molar-refractivity contribution in [1.82, 2.24) is 15.1 Å². The molecule has 10 heteroatoms. The number of thioether (sulfide) groups is 1. The van der Waals surface area contributed by atoms with E-state index in [0.717, 1.165) is 4.90 Å². The maximum atomic E-state index is 14.2. The molecule has 8 nitrogen and oxygen atoms in total. The minimum Gasteiger partial charge on any atom is -0.377 e. The van der Waals surface area contributed by atoms with E-state index in [-0.39, 0.29) is 63.1 Å². The molecule has 156 valence electrons. The van der Waals surface area contributed by atoms with Crippen molar-refractivity contribution in [1.29, 1.82) is 0 Å². The van der Waals surface area contributed by atoms with Crippen molar-refractivity contribution in [2.45, 2.75) is 23.8 Å². The van der Waals surface area contributed by atoms with Crippen LogP contribution >= 0.6 is 11.8 Å². The van der Waals surface area contributed by atoms with E-state index in [1.807, 2.05) is 0 Å². The van der Waals surface area contributed by atoms with Gasteiger partial charge >= 0.3 is 0 Å². The maximum absolute atomic E-state index is 14.2. The molecule has 1 aromatic carbocycles. The van der Waals surface area contributed by atoms with Crippen LogP contribution in [0.1, 0.15) is 23.2 Å². The molecule has 2 fully saturated rings. The van der Waals surface area contributed by atoms with Crippen LogP contribution in [0.4, 0.5) is 4.39 Å². The fourth-order valence-corrected chi connectivity index (χ4v) is 3.92. The molecule has 2 saturated heterocycles. The fourth-order valence-electron chi connectivity index (χ4n) is 3.31. The van der Waals surface area contributed by atoms with Crippen LogP contribution < -0.4 is 5.32 Å². The van der Waals surface area contributed by atoms with Crippen molar-refractivity contribution in [2.24, 2.45) is 0 Å². The van der Waals surface area contributed by atoms with E-state index in [1.54, 1.807) is 12.3 Å². The highest BCUT2D eigenvalue weighted by molar-refractivity contribution is 7.98. The first-order valence-electron chi connectivity index (χ1n) is 9.22. The van der Waals surface area contributed by atoms with Gasteiger partial charge in [-0.25, -0.2) is 4.39 Å². The number of carbonyl (C=O) groups is 4. The van der Waals surface area contributed by atoms with E-state index < -0.39 is 23.7 Å². The average Bonchev–Trinajstić information content (AvgIpc) is 2.88. The number of rotatable bonds is 5. The van der Waals surface area contributed by atoms with Crippen molar-refractivity contribution >= 4 is 35.4 Å². The Bertz CT molecular complexity index is 818. The molecule has 0 aliphatic carbocycles. The van der Waals surface area contributed by atoms with Gasteiger partial charge in [0.2, 0.25) is 17.7 Å². The lowest BCUT2D eigenvalue weighted by Gasteiger charge is -2.26. The number of imide groups is 1. The topological polar surface area (TPSA) is 96.0 Å². The summed E-state index contributed by atoms with van der Waals surface area (Å²) in [5.74, 6) is -2.32. The predicted octanol–water partition coefficient (Wildman–Crippen LogP) is 0.654. The summed E-state index contributed by atoms with van der Waals surface area (Å²) in [5, 5.41) is 2.73. The Morgan fingerprint density at radius 2 is 2.00 bits per heavy atom. The first-order chi connectivity index (χ1) is 13.9. The zero-order chi connectivity index (χ0) is 21.0. The Balaban J connectivity index is 1.66. The summed E-state index contributed by atoms with van der Waals surface area (Å²) in [6, 6.07) is 3.87. The second kappa shape index (κ2) is 9.36. The van der Waals surface area contributed by atoms with Crippen molar-refractivity contribution in [3.05, 3.63) is 29.6 Å². The predicted molar refractivity (Wildman–Crippen MR) is 103 cm³/mol. The van der Waals surface area contributed by atoms with Crippen LogP contribution in [0, 0.1) is 5.82 Å². The van der Waals surface area contributed by atoms with Gasteiger partial charge in [0.1, 0.15) is 12.4 Å². The van der Waals surface area contributed by atoms with Crippen molar-refractivity contribution in [3.8, 4) is 0 Å². The third-order valence-corrected chi connectivity index (χ3v) is 5.60. The lowest BCUT2D eigenvalue weighted by Crippen LogP contribution is -2.49. The SMILES string of the molecule is CSc1cccc(F)c1C(=O)NC1COCCN(C(=O)CN2C(=O)CCC2=O)C1. The Kier molecular flexibility index (Phi) is 6.86. The van der Waals surface area contributed by atoms with Gasteiger partial charge in [0.05, 0.1) is 24.8 Å². The summed E-state index contributed by atoms with van der Waals surface area (Å²) in [6.45, 7) is 0.527. The number of carbonyl (C=O) groups excluding carboxylic acids is 4. The summed E-state index contributed by atoms with van der Waals surface area (Å²) >= 11 is 1.26. The highest BCUT2D eigenvalue weighted by Crippen LogP contribution is 2.23. The molecule has 1 atom stereocenters. The Morgan fingerprint density at radius 3 is 2.69 bits per heavy atom. The van der Waals surface area contributed by atoms with Gasteiger partial charge in [-0.05, 0) is 18.4 Å². The molecule has 4 amide bonds. The van der Waals surface area contributed by atoms with Gasteiger partial charge in [-0.3, -0.25) is 24.1 Å². The molecule has 2 aliphatic heterocycles. The molecule has 0 spiro atoms. The second-order valence-electron chi connectivity index (χ2n) is 6.78. The van der Waals surface area contributed by atoms with E-state index in [9.17, 15) is 23.6 Å². The highest BCUT2D eigenvalue weighted by atomic mass is 32.2. The van der Waals surface area contributed by atoms with Crippen molar-refractivity contribution < 1.29 is 28.3 Å². The van der Waals surface area contributed by atoms with Crippen LogP contribution in [0.5, 0.6) is 0 Å².